The Hall–Kier alpha value is -2.67. The standard InChI is InChI=1S/C21H15Cl2N3O2S/c1-12-2-4-13(5-3-12)17-10-29-20-19(17)21(28)26(11-24-20)9-18(27)25-16-7-14(22)6-15(23)8-16/h2-8,10-11H,9H2,1H3,(H,25,27). The van der Waals surface area contributed by atoms with Crippen LogP contribution in [0.5, 0.6) is 0 Å². The van der Waals surface area contributed by atoms with Gasteiger partial charge >= 0.3 is 0 Å². The number of hydrogen-bond acceptors (Lipinski definition) is 4. The summed E-state index contributed by atoms with van der Waals surface area (Å²) >= 11 is 13.3. The Bertz CT molecular complexity index is 1260. The van der Waals surface area contributed by atoms with Crippen molar-refractivity contribution in [1.82, 2.24) is 9.55 Å². The van der Waals surface area contributed by atoms with Gasteiger partial charge in [0.25, 0.3) is 5.56 Å². The fourth-order valence-electron chi connectivity index (χ4n) is 3.01. The Morgan fingerprint density at radius 3 is 2.52 bits per heavy atom. The van der Waals surface area contributed by atoms with Gasteiger partial charge in [-0.25, -0.2) is 4.98 Å². The molecule has 1 amide bonds. The number of carbonyl (C=O) groups is 1. The number of amides is 1. The lowest BCUT2D eigenvalue weighted by Crippen LogP contribution is -2.27. The number of aromatic nitrogens is 2. The Balaban J connectivity index is 1.65. The van der Waals surface area contributed by atoms with E-state index in [0.29, 0.717) is 25.9 Å². The molecule has 2 aromatic heterocycles. The first-order valence-corrected chi connectivity index (χ1v) is 10.3. The second-order valence-electron chi connectivity index (χ2n) is 6.58. The van der Waals surface area contributed by atoms with Crippen LogP contribution in [0, 0.1) is 6.92 Å². The predicted octanol–water partition coefficient (Wildman–Crippen LogP) is 5.38. The first kappa shape index (κ1) is 19.6. The lowest BCUT2D eigenvalue weighted by atomic mass is 10.1. The van der Waals surface area contributed by atoms with Crippen LogP contribution in [0.2, 0.25) is 10.0 Å². The fraction of sp³-hybridized carbons (Fsp3) is 0.0952. The lowest BCUT2D eigenvalue weighted by molar-refractivity contribution is -0.116. The SMILES string of the molecule is Cc1ccc(-c2csc3ncn(CC(=O)Nc4cc(Cl)cc(Cl)c4)c(=O)c23)cc1. The molecule has 4 rings (SSSR count). The van der Waals surface area contributed by atoms with Gasteiger partial charge in [-0.2, -0.15) is 0 Å². The maximum absolute atomic E-state index is 13.1. The van der Waals surface area contributed by atoms with Crippen LogP contribution in [0.3, 0.4) is 0 Å². The number of nitrogens with one attached hydrogen (secondary N) is 1. The second kappa shape index (κ2) is 7.99. The van der Waals surface area contributed by atoms with Crippen LogP contribution in [0.15, 0.2) is 59.0 Å². The van der Waals surface area contributed by atoms with Gasteiger partial charge in [-0.1, -0.05) is 53.0 Å². The zero-order valence-electron chi connectivity index (χ0n) is 15.3. The van der Waals surface area contributed by atoms with Crippen molar-refractivity contribution < 1.29 is 4.79 Å². The highest BCUT2D eigenvalue weighted by atomic mass is 35.5. The number of halogens is 2. The smallest absolute Gasteiger partial charge is 0.263 e. The zero-order valence-corrected chi connectivity index (χ0v) is 17.6. The van der Waals surface area contributed by atoms with E-state index in [1.54, 1.807) is 18.2 Å². The van der Waals surface area contributed by atoms with Crippen molar-refractivity contribution in [2.45, 2.75) is 13.5 Å². The fourth-order valence-corrected chi connectivity index (χ4v) is 4.44. The molecule has 146 valence electrons. The topological polar surface area (TPSA) is 64.0 Å². The van der Waals surface area contributed by atoms with E-state index >= 15 is 0 Å². The number of thiophene rings is 1. The number of hydrogen-bond donors (Lipinski definition) is 1. The molecule has 0 aliphatic rings. The minimum atomic E-state index is -0.376. The molecule has 1 N–H and O–H groups in total. The number of aryl methyl sites for hydroxylation is 1. The van der Waals surface area contributed by atoms with Crippen LogP contribution in [-0.4, -0.2) is 15.5 Å². The van der Waals surface area contributed by atoms with Gasteiger partial charge in [0.15, 0.2) is 0 Å². The van der Waals surface area contributed by atoms with E-state index in [0.717, 1.165) is 16.7 Å². The lowest BCUT2D eigenvalue weighted by Gasteiger charge is -2.08. The number of carbonyl (C=O) groups excluding carboxylic acids is 1. The molecule has 2 aromatic carbocycles. The van der Waals surface area contributed by atoms with Crippen molar-refractivity contribution >= 4 is 56.3 Å². The number of nitrogens with zero attached hydrogens (tertiary/aromatic N) is 2. The number of benzene rings is 2. The van der Waals surface area contributed by atoms with Crippen molar-refractivity contribution in [2.75, 3.05) is 5.32 Å². The maximum Gasteiger partial charge on any atom is 0.263 e. The van der Waals surface area contributed by atoms with Gasteiger partial charge in [-0.05, 0) is 30.7 Å². The highest BCUT2D eigenvalue weighted by molar-refractivity contribution is 7.17. The van der Waals surface area contributed by atoms with E-state index in [9.17, 15) is 9.59 Å². The van der Waals surface area contributed by atoms with Crippen LogP contribution < -0.4 is 10.9 Å². The zero-order chi connectivity index (χ0) is 20.5. The molecule has 0 aliphatic carbocycles. The van der Waals surface area contributed by atoms with Crippen molar-refractivity contribution in [3.05, 3.63) is 80.1 Å². The van der Waals surface area contributed by atoms with Crippen LogP contribution in [0.1, 0.15) is 5.56 Å². The van der Waals surface area contributed by atoms with Gasteiger partial charge in [0.2, 0.25) is 5.91 Å². The summed E-state index contributed by atoms with van der Waals surface area (Å²) in [6.07, 6.45) is 1.39. The van der Waals surface area contributed by atoms with Gasteiger partial charge in [0, 0.05) is 26.7 Å². The number of rotatable bonds is 4. The summed E-state index contributed by atoms with van der Waals surface area (Å²) in [5.41, 5.74) is 3.11. The average molecular weight is 444 g/mol. The van der Waals surface area contributed by atoms with Gasteiger partial charge < -0.3 is 5.32 Å². The molecular weight excluding hydrogens is 429 g/mol. The van der Waals surface area contributed by atoms with Crippen molar-refractivity contribution in [3.63, 3.8) is 0 Å². The van der Waals surface area contributed by atoms with E-state index in [1.165, 1.54) is 22.2 Å². The molecule has 0 saturated heterocycles. The molecule has 4 aromatic rings. The first-order chi connectivity index (χ1) is 13.9. The van der Waals surface area contributed by atoms with Gasteiger partial charge in [-0.15, -0.1) is 11.3 Å². The summed E-state index contributed by atoms with van der Waals surface area (Å²) in [5, 5.41) is 5.96. The highest BCUT2D eigenvalue weighted by Crippen LogP contribution is 2.30. The summed E-state index contributed by atoms with van der Waals surface area (Å²) in [5.74, 6) is -0.376. The first-order valence-electron chi connectivity index (χ1n) is 8.70. The molecule has 2 heterocycles. The van der Waals surface area contributed by atoms with Crippen molar-refractivity contribution in [3.8, 4) is 11.1 Å². The summed E-state index contributed by atoms with van der Waals surface area (Å²) < 4.78 is 1.30. The average Bonchev–Trinajstić information content (AvgIpc) is 3.08. The maximum atomic E-state index is 13.1. The molecule has 0 atom stereocenters. The van der Waals surface area contributed by atoms with Gasteiger partial charge in [-0.3, -0.25) is 14.2 Å². The molecule has 29 heavy (non-hydrogen) atoms. The summed E-state index contributed by atoms with van der Waals surface area (Å²) in [6.45, 7) is 1.84. The van der Waals surface area contributed by atoms with Crippen molar-refractivity contribution in [2.24, 2.45) is 0 Å². The third kappa shape index (κ3) is 4.19. The number of anilines is 1. The van der Waals surface area contributed by atoms with Gasteiger partial charge in [0.05, 0.1) is 11.7 Å². The van der Waals surface area contributed by atoms with Crippen LogP contribution in [0.25, 0.3) is 21.3 Å². The van der Waals surface area contributed by atoms with Crippen LogP contribution in [-0.2, 0) is 11.3 Å². The third-order valence-electron chi connectivity index (χ3n) is 4.38. The molecule has 5 nitrogen and oxygen atoms in total. The van der Waals surface area contributed by atoms with Gasteiger partial charge in [0.1, 0.15) is 11.4 Å². The summed E-state index contributed by atoms with van der Waals surface area (Å²) in [7, 11) is 0. The van der Waals surface area contributed by atoms with Crippen molar-refractivity contribution in [1.29, 1.82) is 0 Å². The molecule has 8 heteroatoms. The molecular formula is C21H15Cl2N3O2S. The molecule has 0 unspecified atom stereocenters. The van der Waals surface area contributed by atoms with E-state index in [1.807, 2.05) is 36.6 Å². The van der Waals surface area contributed by atoms with E-state index in [-0.39, 0.29) is 18.0 Å². The quantitative estimate of drug-likeness (QED) is 0.460. The molecule has 0 radical (unpaired) electrons. The Kier molecular flexibility index (Phi) is 5.41. The largest absolute Gasteiger partial charge is 0.324 e. The second-order valence-corrected chi connectivity index (χ2v) is 8.31. The minimum Gasteiger partial charge on any atom is -0.324 e. The summed E-state index contributed by atoms with van der Waals surface area (Å²) in [4.78, 5) is 30.5. The third-order valence-corrected chi connectivity index (χ3v) is 5.71. The molecule has 0 aliphatic heterocycles. The monoisotopic (exact) mass is 443 g/mol. The molecule has 0 fully saturated rings. The summed E-state index contributed by atoms with van der Waals surface area (Å²) in [6, 6.07) is 12.7. The van der Waals surface area contributed by atoms with E-state index in [4.69, 9.17) is 23.2 Å². The Morgan fingerprint density at radius 1 is 1.14 bits per heavy atom. The number of fused-ring (bicyclic) bond motifs is 1. The Labute approximate surface area is 180 Å². The van der Waals surface area contributed by atoms with Crippen LogP contribution in [0.4, 0.5) is 5.69 Å². The normalized spacial score (nSPS) is 11.0. The molecule has 0 spiro atoms. The molecule has 0 bridgehead atoms. The van der Waals surface area contributed by atoms with Crippen LogP contribution >= 0.6 is 34.5 Å². The predicted molar refractivity (Wildman–Crippen MR) is 119 cm³/mol. The van der Waals surface area contributed by atoms with E-state index < -0.39 is 0 Å². The Morgan fingerprint density at radius 2 is 1.83 bits per heavy atom. The highest BCUT2D eigenvalue weighted by Gasteiger charge is 2.15. The molecule has 0 saturated carbocycles. The minimum absolute atomic E-state index is 0.172. The van der Waals surface area contributed by atoms with E-state index in [2.05, 4.69) is 10.3 Å².